The minimum Gasteiger partial charge on any atom is -0.454 e. The summed E-state index contributed by atoms with van der Waals surface area (Å²) in [5, 5.41) is 3.86. The SMILES string of the molecule is O=C(COC(=O)[C@H]1CCCN1C(=O)c1cccs1)Nc1cc(C(F)(F)F)ccc1Cl. The summed E-state index contributed by atoms with van der Waals surface area (Å²) in [6.07, 6.45) is -3.59. The summed E-state index contributed by atoms with van der Waals surface area (Å²) in [5.41, 5.74) is -1.23. The summed E-state index contributed by atoms with van der Waals surface area (Å²) in [6.45, 7) is -0.328. The molecule has 1 saturated heterocycles. The highest BCUT2D eigenvalue weighted by atomic mass is 35.5. The van der Waals surface area contributed by atoms with Gasteiger partial charge in [0.2, 0.25) is 0 Å². The number of thiophene rings is 1. The number of hydrogen-bond acceptors (Lipinski definition) is 5. The first-order valence-corrected chi connectivity index (χ1v) is 10.1. The third kappa shape index (κ3) is 5.11. The quantitative estimate of drug-likeness (QED) is 0.678. The molecule has 2 heterocycles. The number of hydrogen-bond donors (Lipinski definition) is 1. The third-order valence-electron chi connectivity index (χ3n) is 4.43. The Balaban J connectivity index is 1.58. The van der Waals surface area contributed by atoms with Crippen LogP contribution < -0.4 is 5.32 Å². The Morgan fingerprint density at radius 2 is 2.03 bits per heavy atom. The van der Waals surface area contributed by atoms with Crippen LogP contribution in [0, 0.1) is 0 Å². The predicted molar refractivity (Wildman–Crippen MR) is 104 cm³/mol. The second-order valence-corrected chi connectivity index (χ2v) is 7.84. The van der Waals surface area contributed by atoms with Gasteiger partial charge in [0.25, 0.3) is 11.8 Å². The molecule has 6 nitrogen and oxygen atoms in total. The van der Waals surface area contributed by atoms with Crippen LogP contribution in [0.1, 0.15) is 28.1 Å². The van der Waals surface area contributed by atoms with Gasteiger partial charge in [0.1, 0.15) is 6.04 Å². The van der Waals surface area contributed by atoms with Gasteiger partial charge in [-0.15, -0.1) is 11.3 Å². The first kappa shape index (κ1) is 22.1. The number of rotatable bonds is 5. The van der Waals surface area contributed by atoms with Crippen molar-refractivity contribution in [1.29, 1.82) is 0 Å². The van der Waals surface area contributed by atoms with Crippen LogP contribution in [0.25, 0.3) is 0 Å². The molecule has 160 valence electrons. The van der Waals surface area contributed by atoms with Crippen molar-refractivity contribution in [1.82, 2.24) is 4.90 Å². The fraction of sp³-hybridized carbons (Fsp3) is 0.316. The van der Waals surface area contributed by atoms with Crippen molar-refractivity contribution in [3.05, 3.63) is 51.2 Å². The Kier molecular flexibility index (Phi) is 6.67. The number of anilines is 1. The standard InChI is InChI=1S/C19H16ClF3N2O4S/c20-12-6-5-11(19(21,22)23)9-13(12)24-16(26)10-29-18(28)14-3-1-7-25(14)17(27)15-4-2-8-30-15/h2,4-6,8-9,14H,1,3,7,10H2,(H,24,26)/t14-/m1/s1. The summed E-state index contributed by atoms with van der Waals surface area (Å²) in [4.78, 5) is 38.8. The van der Waals surface area contributed by atoms with E-state index in [1.807, 2.05) is 0 Å². The molecule has 0 spiro atoms. The zero-order chi connectivity index (χ0) is 21.9. The molecule has 1 aromatic carbocycles. The summed E-state index contributed by atoms with van der Waals surface area (Å²) >= 11 is 7.08. The average Bonchev–Trinajstić information content (AvgIpc) is 3.38. The van der Waals surface area contributed by atoms with Crippen LogP contribution >= 0.6 is 22.9 Å². The highest BCUT2D eigenvalue weighted by Crippen LogP contribution is 2.33. The van der Waals surface area contributed by atoms with Gasteiger partial charge in [-0.05, 0) is 42.5 Å². The van der Waals surface area contributed by atoms with Crippen molar-refractivity contribution in [2.45, 2.75) is 25.1 Å². The lowest BCUT2D eigenvalue weighted by Crippen LogP contribution is -2.41. The second-order valence-electron chi connectivity index (χ2n) is 6.48. The molecule has 1 aliphatic rings. The number of halogens is 4. The first-order valence-electron chi connectivity index (χ1n) is 8.84. The van der Waals surface area contributed by atoms with Crippen molar-refractivity contribution in [3.63, 3.8) is 0 Å². The van der Waals surface area contributed by atoms with E-state index in [-0.39, 0.29) is 16.6 Å². The predicted octanol–water partition coefficient (Wildman–Crippen LogP) is 4.21. The number of nitrogens with one attached hydrogen (secondary N) is 1. The van der Waals surface area contributed by atoms with E-state index in [0.29, 0.717) is 30.3 Å². The monoisotopic (exact) mass is 460 g/mol. The molecule has 2 aromatic rings. The van der Waals surface area contributed by atoms with E-state index in [1.54, 1.807) is 17.5 Å². The van der Waals surface area contributed by atoms with Crippen molar-refractivity contribution < 1.29 is 32.3 Å². The van der Waals surface area contributed by atoms with Gasteiger partial charge in [0, 0.05) is 6.54 Å². The molecular weight excluding hydrogens is 445 g/mol. The Labute approximate surface area is 178 Å². The van der Waals surface area contributed by atoms with Gasteiger partial charge in [-0.1, -0.05) is 17.7 Å². The largest absolute Gasteiger partial charge is 0.454 e. The van der Waals surface area contributed by atoms with E-state index < -0.39 is 36.3 Å². The van der Waals surface area contributed by atoms with Gasteiger partial charge in [-0.25, -0.2) is 4.79 Å². The number of ether oxygens (including phenoxy) is 1. The average molecular weight is 461 g/mol. The first-order chi connectivity index (χ1) is 14.2. The molecule has 1 fully saturated rings. The van der Waals surface area contributed by atoms with E-state index >= 15 is 0 Å². The number of likely N-dealkylation sites (tertiary alicyclic amines) is 1. The lowest BCUT2D eigenvalue weighted by molar-refractivity contribution is -0.151. The molecule has 0 saturated carbocycles. The van der Waals surface area contributed by atoms with Crippen LogP contribution in [0.3, 0.4) is 0 Å². The highest BCUT2D eigenvalue weighted by molar-refractivity contribution is 7.12. The van der Waals surface area contributed by atoms with Crippen LogP contribution in [0.2, 0.25) is 5.02 Å². The molecule has 11 heteroatoms. The summed E-state index contributed by atoms with van der Waals surface area (Å²) < 4.78 is 43.4. The van der Waals surface area contributed by atoms with E-state index in [1.165, 1.54) is 16.2 Å². The number of esters is 1. The fourth-order valence-electron chi connectivity index (χ4n) is 3.01. The minimum atomic E-state index is -4.60. The van der Waals surface area contributed by atoms with Crippen molar-refractivity contribution in [3.8, 4) is 0 Å². The fourth-order valence-corrected chi connectivity index (χ4v) is 3.86. The minimum absolute atomic E-state index is 0.0915. The zero-order valence-electron chi connectivity index (χ0n) is 15.4. The number of carbonyl (C=O) groups excluding carboxylic acids is 3. The number of benzene rings is 1. The molecule has 30 heavy (non-hydrogen) atoms. The summed E-state index contributed by atoms with van der Waals surface area (Å²) in [6, 6.07) is 5.06. The molecule has 0 aliphatic carbocycles. The molecule has 3 rings (SSSR count). The van der Waals surface area contributed by atoms with Crippen molar-refractivity contribution in [2.24, 2.45) is 0 Å². The van der Waals surface area contributed by atoms with Gasteiger partial charge >= 0.3 is 12.1 Å². The molecule has 1 aromatic heterocycles. The van der Waals surface area contributed by atoms with Crippen LogP contribution in [-0.2, 0) is 20.5 Å². The Morgan fingerprint density at radius 3 is 2.70 bits per heavy atom. The summed E-state index contributed by atoms with van der Waals surface area (Å²) in [7, 11) is 0. The lowest BCUT2D eigenvalue weighted by atomic mass is 10.2. The Hall–Kier alpha value is -2.59. The number of alkyl halides is 3. The third-order valence-corrected chi connectivity index (χ3v) is 5.62. The molecule has 0 bridgehead atoms. The molecule has 1 aliphatic heterocycles. The molecule has 1 N–H and O–H groups in total. The molecule has 0 unspecified atom stereocenters. The Morgan fingerprint density at radius 1 is 1.27 bits per heavy atom. The van der Waals surface area contributed by atoms with Gasteiger partial charge < -0.3 is 15.0 Å². The van der Waals surface area contributed by atoms with E-state index in [4.69, 9.17) is 16.3 Å². The van der Waals surface area contributed by atoms with E-state index in [2.05, 4.69) is 5.32 Å². The maximum absolute atomic E-state index is 12.8. The van der Waals surface area contributed by atoms with Gasteiger partial charge in [0.05, 0.1) is 21.2 Å². The Bertz CT molecular complexity index is 950. The normalized spacial score (nSPS) is 16.4. The molecular formula is C19H16ClF3N2O4S. The molecule has 1 atom stereocenters. The van der Waals surface area contributed by atoms with Crippen LogP contribution in [-0.4, -0.2) is 41.9 Å². The van der Waals surface area contributed by atoms with Crippen LogP contribution in [0.15, 0.2) is 35.7 Å². The van der Waals surface area contributed by atoms with Crippen LogP contribution in [0.4, 0.5) is 18.9 Å². The van der Waals surface area contributed by atoms with Crippen molar-refractivity contribution in [2.75, 3.05) is 18.5 Å². The van der Waals surface area contributed by atoms with Crippen LogP contribution in [0.5, 0.6) is 0 Å². The second kappa shape index (κ2) is 9.05. The molecule has 2 amide bonds. The maximum Gasteiger partial charge on any atom is 0.416 e. The topological polar surface area (TPSA) is 75.7 Å². The highest BCUT2D eigenvalue weighted by Gasteiger charge is 2.36. The number of carbonyl (C=O) groups is 3. The van der Waals surface area contributed by atoms with E-state index in [9.17, 15) is 27.6 Å². The van der Waals surface area contributed by atoms with Gasteiger partial charge in [-0.2, -0.15) is 13.2 Å². The zero-order valence-corrected chi connectivity index (χ0v) is 16.9. The smallest absolute Gasteiger partial charge is 0.416 e. The van der Waals surface area contributed by atoms with E-state index in [0.717, 1.165) is 12.1 Å². The van der Waals surface area contributed by atoms with Gasteiger partial charge in [-0.3, -0.25) is 9.59 Å². The van der Waals surface area contributed by atoms with Crippen molar-refractivity contribution >= 4 is 46.4 Å². The maximum atomic E-state index is 12.8. The number of nitrogens with zero attached hydrogens (tertiary/aromatic N) is 1. The summed E-state index contributed by atoms with van der Waals surface area (Å²) in [5.74, 6) is -1.88. The molecule has 0 radical (unpaired) electrons. The van der Waals surface area contributed by atoms with Gasteiger partial charge in [0.15, 0.2) is 6.61 Å². The lowest BCUT2D eigenvalue weighted by Gasteiger charge is -2.22. The number of amides is 2.